The second-order valence-corrected chi connectivity index (χ2v) is 4.70. The average molecular weight is 289 g/mol. The van der Waals surface area contributed by atoms with Crippen molar-refractivity contribution in [3.8, 4) is 5.75 Å². The van der Waals surface area contributed by atoms with Gasteiger partial charge in [0.05, 0.1) is 0 Å². The highest BCUT2D eigenvalue weighted by Gasteiger charge is 2.31. The second-order valence-electron chi connectivity index (χ2n) is 4.70. The van der Waals surface area contributed by atoms with E-state index in [4.69, 9.17) is 0 Å². The summed E-state index contributed by atoms with van der Waals surface area (Å²) in [6, 6.07) is 6.34. The predicted molar refractivity (Wildman–Crippen MR) is 73.9 cm³/mol. The van der Waals surface area contributed by atoms with E-state index < -0.39 is 6.36 Å². The molecule has 1 heterocycles. The minimum atomic E-state index is -4.62. The molecular formula is C15H22F3NO. The van der Waals surface area contributed by atoms with Crippen LogP contribution in [0.15, 0.2) is 24.3 Å². The Hall–Kier alpha value is -1.23. The number of nitrogens with zero attached hydrogens (tertiary/aromatic N) is 1. The third-order valence-electron chi connectivity index (χ3n) is 3.28. The SMILES string of the molecule is CC.CN1CCC(c2cccc(OC(F)(F)F)c2)CC1. The number of benzene rings is 1. The first-order valence-corrected chi connectivity index (χ1v) is 6.98. The van der Waals surface area contributed by atoms with Crippen LogP contribution in [-0.4, -0.2) is 31.4 Å². The molecule has 1 aromatic carbocycles. The normalized spacial score (nSPS) is 17.3. The zero-order valence-corrected chi connectivity index (χ0v) is 12.2. The molecule has 0 aromatic heterocycles. The van der Waals surface area contributed by atoms with Gasteiger partial charge >= 0.3 is 6.36 Å². The van der Waals surface area contributed by atoms with E-state index in [-0.39, 0.29) is 5.75 Å². The summed E-state index contributed by atoms with van der Waals surface area (Å²) in [5.41, 5.74) is 0.935. The summed E-state index contributed by atoms with van der Waals surface area (Å²) in [6.45, 7) is 5.96. The van der Waals surface area contributed by atoms with Gasteiger partial charge in [-0.25, -0.2) is 0 Å². The molecule has 1 saturated heterocycles. The van der Waals surface area contributed by atoms with E-state index in [1.54, 1.807) is 6.07 Å². The van der Waals surface area contributed by atoms with E-state index in [9.17, 15) is 13.2 Å². The molecule has 0 unspecified atom stereocenters. The van der Waals surface area contributed by atoms with Crippen molar-refractivity contribution in [2.75, 3.05) is 20.1 Å². The van der Waals surface area contributed by atoms with E-state index in [2.05, 4.69) is 16.7 Å². The zero-order chi connectivity index (χ0) is 15.2. The molecule has 5 heteroatoms. The molecule has 1 aliphatic rings. The lowest BCUT2D eigenvalue weighted by Gasteiger charge is -2.29. The van der Waals surface area contributed by atoms with Crippen molar-refractivity contribution in [1.82, 2.24) is 4.90 Å². The number of halogens is 3. The number of hydrogen-bond acceptors (Lipinski definition) is 2. The Morgan fingerprint density at radius 3 is 2.30 bits per heavy atom. The van der Waals surface area contributed by atoms with Crippen LogP contribution in [0.5, 0.6) is 5.75 Å². The van der Waals surface area contributed by atoms with Crippen molar-refractivity contribution in [3.05, 3.63) is 29.8 Å². The smallest absolute Gasteiger partial charge is 0.406 e. The van der Waals surface area contributed by atoms with Crippen LogP contribution in [0.2, 0.25) is 0 Å². The van der Waals surface area contributed by atoms with Crippen LogP contribution >= 0.6 is 0 Å². The van der Waals surface area contributed by atoms with E-state index in [1.165, 1.54) is 12.1 Å². The van der Waals surface area contributed by atoms with Crippen LogP contribution in [0.4, 0.5) is 13.2 Å². The van der Waals surface area contributed by atoms with Crippen molar-refractivity contribution < 1.29 is 17.9 Å². The van der Waals surface area contributed by atoms with Crippen LogP contribution in [0.25, 0.3) is 0 Å². The Balaban J connectivity index is 0.000000956. The first-order valence-electron chi connectivity index (χ1n) is 6.98. The quantitative estimate of drug-likeness (QED) is 0.799. The van der Waals surface area contributed by atoms with Gasteiger partial charge in [0.25, 0.3) is 0 Å². The fourth-order valence-corrected chi connectivity index (χ4v) is 2.31. The molecule has 0 amide bonds. The maximum Gasteiger partial charge on any atom is 0.573 e. The lowest BCUT2D eigenvalue weighted by molar-refractivity contribution is -0.274. The van der Waals surface area contributed by atoms with Gasteiger partial charge in [0.15, 0.2) is 0 Å². The average Bonchev–Trinajstić information content (AvgIpc) is 2.40. The van der Waals surface area contributed by atoms with Crippen LogP contribution in [0.3, 0.4) is 0 Å². The van der Waals surface area contributed by atoms with Crippen LogP contribution in [0.1, 0.15) is 38.2 Å². The molecule has 0 bridgehead atoms. The van der Waals surface area contributed by atoms with Crippen LogP contribution < -0.4 is 4.74 Å². The Morgan fingerprint density at radius 1 is 1.15 bits per heavy atom. The molecule has 0 saturated carbocycles. The molecule has 2 nitrogen and oxygen atoms in total. The molecular weight excluding hydrogens is 267 g/mol. The van der Waals surface area contributed by atoms with Gasteiger partial charge in [0.1, 0.15) is 5.75 Å². The Labute approximate surface area is 118 Å². The number of alkyl halides is 3. The van der Waals surface area contributed by atoms with Gasteiger partial charge in [-0.2, -0.15) is 0 Å². The molecule has 0 aliphatic carbocycles. The van der Waals surface area contributed by atoms with E-state index >= 15 is 0 Å². The highest BCUT2D eigenvalue weighted by atomic mass is 19.4. The second kappa shape index (κ2) is 7.53. The molecule has 0 spiro atoms. The van der Waals surface area contributed by atoms with Gasteiger partial charge < -0.3 is 9.64 Å². The maximum absolute atomic E-state index is 12.1. The van der Waals surface area contributed by atoms with Crippen molar-refractivity contribution in [3.63, 3.8) is 0 Å². The van der Waals surface area contributed by atoms with Gasteiger partial charge in [-0.1, -0.05) is 26.0 Å². The Morgan fingerprint density at radius 2 is 1.75 bits per heavy atom. The molecule has 1 aliphatic heterocycles. The van der Waals surface area contributed by atoms with Crippen LogP contribution in [-0.2, 0) is 0 Å². The standard InChI is InChI=1S/C13H16F3NO.C2H6/c1-17-7-5-10(6-8-17)11-3-2-4-12(9-11)18-13(14,15)16;1-2/h2-4,9-10H,5-8H2,1H3;1-2H3. The van der Waals surface area contributed by atoms with E-state index in [0.717, 1.165) is 31.5 Å². The topological polar surface area (TPSA) is 12.5 Å². The maximum atomic E-state index is 12.1. The monoisotopic (exact) mass is 289 g/mol. The number of ether oxygens (including phenoxy) is 1. The lowest BCUT2D eigenvalue weighted by Crippen LogP contribution is -2.29. The molecule has 1 aromatic rings. The summed E-state index contributed by atoms with van der Waals surface area (Å²) in [6.07, 6.45) is -2.66. The van der Waals surface area contributed by atoms with Gasteiger partial charge in [0, 0.05) is 0 Å². The zero-order valence-electron chi connectivity index (χ0n) is 12.2. The first-order chi connectivity index (χ1) is 9.44. The van der Waals surface area contributed by atoms with Crippen LogP contribution in [0, 0.1) is 0 Å². The van der Waals surface area contributed by atoms with E-state index in [0.29, 0.717) is 5.92 Å². The molecule has 2 rings (SSSR count). The summed E-state index contributed by atoms with van der Waals surface area (Å²) in [4.78, 5) is 2.23. The highest BCUT2D eigenvalue weighted by Crippen LogP contribution is 2.31. The third kappa shape index (κ3) is 5.41. The largest absolute Gasteiger partial charge is 0.573 e. The molecule has 114 valence electrons. The van der Waals surface area contributed by atoms with E-state index in [1.807, 2.05) is 19.9 Å². The van der Waals surface area contributed by atoms with Crippen molar-refractivity contribution >= 4 is 0 Å². The van der Waals surface area contributed by atoms with Crippen molar-refractivity contribution in [2.24, 2.45) is 0 Å². The molecule has 0 N–H and O–H groups in total. The first kappa shape index (κ1) is 16.8. The summed E-state index contributed by atoms with van der Waals surface area (Å²) >= 11 is 0. The highest BCUT2D eigenvalue weighted by molar-refractivity contribution is 5.31. The summed E-state index contributed by atoms with van der Waals surface area (Å²) in [5, 5.41) is 0. The van der Waals surface area contributed by atoms with Gasteiger partial charge in [0.2, 0.25) is 0 Å². The fraction of sp³-hybridized carbons (Fsp3) is 0.600. The van der Waals surface area contributed by atoms with Crippen molar-refractivity contribution in [1.29, 1.82) is 0 Å². The molecule has 1 fully saturated rings. The van der Waals surface area contributed by atoms with Gasteiger partial charge in [-0.15, -0.1) is 13.2 Å². The summed E-state index contributed by atoms with van der Waals surface area (Å²) in [5.74, 6) is 0.205. The minimum Gasteiger partial charge on any atom is -0.406 e. The van der Waals surface area contributed by atoms with Crippen molar-refractivity contribution in [2.45, 2.75) is 39.0 Å². The van der Waals surface area contributed by atoms with Gasteiger partial charge in [-0.05, 0) is 56.6 Å². The Bertz CT molecular complexity index is 398. The molecule has 0 atom stereocenters. The summed E-state index contributed by atoms with van der Waals surface area (Å²) in [7, 11) is 2.05. The molecule has 0 radical (unpaired) electrons. The lowest BCUT2D eigenvalue weighted by atomic mass is 9.89. The number of rotatable bonds is 2. The Kier molecular flexibility index (Phi) is 6.33. The minimum absolute atomic E-state index is 0.126. The predicted octanol–water partition coefficient (Wildman–Crippen LogP) is 4.42. The molecule has 20 heavy (non-hydrogen) atoms. The number of hydrogen-bond donors (Lipinski definition) is 0. The fourth-order valence-electron chi connectivity index (χ4n) is 2.31. The summed E-state index contributed by atoms with van der Waals surface area (Å²) < 4.78 is 40.4. The number of likely N-dealkylation sites (tertiary alicyclic amines) is 1. The van der Waals surface area contributed by atoms with Gasteiger partial charge in [-0.3, -0.25) is 0 Å². The number of piperidine rings is 1. The third-order valence-corrected chi connectivity index (χ3v) is 3.28.